The number of hydrogen-bond acceptors (Lipinski definition) is 2. The summed E-state index contributed by atoms with van der Waals surface area (Å²) in [6, 6.07) is 6.25. The van der Waals surface area contributed by atoms with Gasteiger partial charge in [-0.3, -0.25) is 0 Å². The zero-order valence-electron chi connectivity index (χ0n) is 10.5. The normalized spacial score (nSPS) is 12.5. The summed E-state index contributed by atoms with van der Waals surface area (Å²) >= 11 is 0. The Labute approximate surface area is 98.3 Å². The van der Waals surface area contributed by atoms with Gasteiger partial charge in [0.15, 0.2) is 0 Å². The van der Waals surface area contributed by atoms with Gasteiger partial charge in [-0.15, -0.1) is 0 Å². The molecule has 2 heteroatoms. The van der Waals surface area contributed by atoms with Gasteiger partial charge in [0.1, 0.15) is 5.75 Å². The third kappa shape index (κ3) is 3.53. The predicted molar refractivity (Wildman–Crippen MR) is 67.1 cm³/mol. The highest BCUT2D eigenvalue weighted by Crippen LogP contribution is 2.27. The van der Waals surface area contributed by atoms with Gasteiger partial charge >= 0.3 is 0 Å². The summed E-state index contributed by atoms with van der Waals surface area (Å²) in [5.74, 6) is 1.47. The first kappa shape index (κ1) is 13.0. The van der Waals surface area contributed by atoms with Crippen LogP contribution in [-0.2, 0) is 0 Å². The van der Waals surface area contributed by atoms with Crippen molar-refractivity contribution in [1.82, 2.24) is 0 Å². The van der Waals surface area contributed by atoms with E-state index < -0.39 is 0 Å². The maximum Gasteiger partial charge on any atom is 0.119 e. The first-order valence-electron chi connectivity index (χ1n) is 5.94. The fourth-order valence-electron chi connectivity index (χ4n) is 2.05. The minimum atomic E-state index is 0.300. The maximum absolute atomic E-state index is 8.76. The molecule has 0 aliphatic heterocycles. The number of benzene rings is 1. The number of hydrogen-bond donors (Lipinski definition) is 1. The Morgan fingerprint density at radius 3 is 2.62 bits per heavy atom. The third-order valence-electron chi connectivity index (χ3n) is 3.05. The zero-order chi connectivity index (χ0) is 12.0. The monoisotopic (exact) mass is 222 g/mol. The van der Waals surface area contributed by atoms with Gasteiger partial charge in [-0.25, -0.2) is 0 Å². The van der Waals surface area contributed by atoms with E-state index >= 15 is 0 Å². The summed E-state index contributed by atoms with van der Waals surface area (Å²) in [6.07, 6.45) is 3.12. The molecule has 0 spiro atoms. The van der Waals surface area contributed by atoms with E-state index in [0.717, 1.165) is 25.0 Å². The molecule has 0 radical (unpaired) electrons. The fourth-order valence-corrected chi connectivity index (χ4v) is 2.05. The Kier molecular flexibility index (Phi) is 5.33. The largest absolute Gasteiger partial charge is 0.497 e. The molecule has 16 heavy (non-hydrogen) atoms. The Morgan fingerprint density at radius 1 is 1.31 bits per heavy atom. The van der Waals surface area contributed by atoms with Crippen LogP contribution in [0.4, 0.5) is 0 Å². The Morgan fingerprint density at radius 2 is 2.06 bits per heavy atom. The van der Waals surface area contributed by atoms with E-state index in [4.69, 9.17) is 9.84 Å². The van der Waals surface area contributed by atoms with Crippen molar-refractivity contribution < 1.29 is 9.84 Å². The molecule has 0 aliphatic rings. The standard InChI is InChI=1S/C14H22O2/c1-11(6-4-5-9-15)14-8-7-13(16-3)10-12(14)2/h7-8,10-11,15H,4-6,9H2,1-3H3. The van der Waals surface area contributed by atoms with Crippen molar-refractivity contribution in [2.45, 2.75) is 39.0 Å². The average Bonchev–Trinajstić information content (AvgIpc) is 2.29. The number of ether oxygens (including phenoxy) is 1. The second kappa shape index (κ2) is 6.54. The molecule has 0 saturated carbocycles. The highest BCUT2D eigenvalue weighted by atomic mass is 16.5. The van der Waals surface area contributed by atoms with E-state index in [1.807, 2.05) is 6.07 Å². The molecule has 1 rings (SSSR count). The van der Waals surface area contributed by atoms with Crippen LogP contribution in [0.25, 0.3) is 0 Å². The molecule has 90 valence electrons. The lowest BCUT2D eigenvalue weighted by Crippen LogP contribution is -1.98. The molecule has 1 aromatic carbocycles. The third-order valence-corrected chi connectivity index (χ3v) is 3.05. The Hall–Kier alpha value is -1.02. The van der Waals surface area contributed by atoms with E-state index in [9.17, 15) is 0 Å². The van der Waals surface area contributed by atoms with Crippen LogP contribution in [0, 0.1) is 6.92 Å². The van der Waals surface area contributed by atoms with Crippen LogP contribution in [0.3, 0.4) is 0 Å². The van der Waals surface area contributed by atoms with Crippen LogP contribution in [0.1, 0.15) is 43.2 Å². The number of unbranched alkanes of at least 4 members (excludes halogenated alkanes) is 1. The highest BCUT2D eigenvalue weighted by Gasteiger charge is 2.08. The summed E-state index contributed by atoms with van der Waals surface area (Å²) in [5, 5.41) is 8.76. The van der Waals surface area contributed by atoms with E-state index in [0.29, 0.717) is 12.5 Å². The second-order valence-corrected chi connectivity index (χ2v) is 4.34. The fraction of sp³-hybridized carbons (Fsp3) is 0.571. The van der Waals surface area contributed by atoms with Crippen LogP contribution < -0.4 is 4.74 Å². The number of aryl methyl sites for hydroxylation is 1. The van der Waals surface area contributed by atoms with Crippen LogP contribution >= 0.6 is 0 Å². The van der Waals surface area contributed by atoms with Gasteiger partial charge < -0.3 is 9.84 Å². The molecule has 0 bridgehead atoms. The number of rotatable bonds is 6. The maximum atomic E-state index is 8.76. The molecule has 0 aliphatic carbocycles. The molecule has 1 aromatic rings. The van der Waals surface area contributed by atoms with Gasteiger partial charge in [0.05, 0.1) is 7.11 Å². The number of methoxy groups -OCH3 is 1. The Balaban J connectivity index is 2.64. The van der Waals surface area contributed by atoms with Crippen LogP contribution in [0.2, 0.25) is 0 Å². The Bertz CT molecular complexity index is 321. The van der Waals surface area contributed by atoms with E-state index in [1.54, 1.807) is 7.11 Å². The van der Waals surface area contributed by atoms with Gasteiger partial charge in [-0.1, -0.05) is 19.4 Å². The summed E-state index contributed by atoms with van der Waals surface area (Å²) in [4.78, 5) is 0. The van der Waals surface area contributed by atoms with Gasteiger partial charge in [0, 0.05) is 6.61 Å². The van der Waals surface area contributed by atoms with Crippen molar-refractivity contribution in [2.75, 3.05) is 13.7 Å². The quantitative estimate of drug-likeness (QED) is 0.748. The van der Waals surface area contributed by atoms with E-state index in [-0.39, 0.29) is 0 Å². The van der Waals surface area contributed by atoms with Crippen molar-refractivity contribution in [1.29, 1.82) is 0 Å². The van der Waals surface area contributed by atoms with Crippen molar-refractivity contribution >= 4 is 0 Å². The lowest BCUT2D eigenvalue weighted by molar-refractivity contribution is 0.281. The van der Waals surface area contributed by atoms with Crippen molar-refractivity contribution in [2.24, 2.45) is 0 Å². The predicted octanol–water partition coefficient (Wildman–Crippen LogP) is 3.27. The summed E-state index contributed by atoms with van der Waals surface area (Å²) in [7, 11) is 1.69. The molecule has 0 aromatic heterocycles. The molecule has 2 nitrogen and oxygen atoms in total. The first-order chi connectivity index (χ1) is 7.69. The first-order valence-corrected chi connectivity index (χ1v) is 5.94. The second-order valence-electron chi connectivity index (χ2n) is 4.34. The lowest BCUT2D eigenvalue weighted by atomic mass is 9.92. The van der Waals surface area contributed by atoms with Crippen LogP contribution in [-0.4, -0.2) is 18.8 Å². The zero-order valence-corrected chi connectivity index (χ0v) is 10.5. The minimum absolute atomic E-state index is 0.300. The number of aliphatic hydroxyl groups is 1. The summed E-state index contributed by atoms with van der Waals surface area (Å²) in [5.41, 5.74) is 2.68. The van der Waals surface area contributed by atoms with E-state index in [1.165, 1.54) is 11.1 Å². The molecular formula is C14H22O2. The summed E-state index contributed by atoms with van der Waals surface area (Å²) < 4.78 is 5.20. The van der Waals surface area contributed by atoms with Crippen molar-refractivity contribution in [3.05, 3.63) is 29.3 Å². The number of aliphatic hydroxyl groups excluding tert-OH is 1. The molecule has 1 unspecified atom stereocenters. The average molecular weight is 222 g/mol. The molecule has 0 amide bonds. The van der Waals surface area contributed by atoms with Crippen LogP contribution in [0.15, 0.2) is 18.2 Å². The topological polar surface area (TPSA) is 29.5 Å². The molecule has 0 heterocycles. The molecular weight excluding hydrogens is 200 g/mol. The summed E-state index contributed by atoms with van der Waals surface area (Å²) in [6.45, 7) is 4.67. The van der Waals surface area contributed by atoms with Gasteiger partial charge in [0.25, 0.3) is 0 Å². The lowest BCUT2D eigenvalue weighted by Gasteiger charge is -2.15. The molecule has 0 saturated heterocycles. The molecule has 1 atom stereocenters. The minimum Gasteiger partial charge on any atom is -0.497 e. The highest BCUT2D eigenvalue weighted by molar-refractivity contribution is 5.36. The molecule has 1 N–H and O–H groups in total. The van der Waals surface area contributed by atoms with Crippen molar-refractivity contribution in [3.63, 3.8) is 0 Å². The SMILES string of the molecule is COc1ccc(C(C)CCCCO)c(C)c1. The van der Waals surface area contributed by atoms with Crippen molar-refractivity contribution in [3.8, 4) is 5.75 Å². The van der Waals surface area contributed by atoms with Gasteiger partial charge in [-0.2, -0.15) is 0 Å². The van der Waals surface area contributed by atoms with E-state index in [2.05, 4.69) is 26.0 Å². The van der Waals surface area contributed by atoms with Gasteiger partial charge in [0.2, 0.25) is 0 Å². The molecule has 0 fully saturated rings. The smallest absolute Gasteiger partial charge is 0.119 e. The van der Waals surface area contributed by atoms with Crippen LogP contribution in [0.5, 0.6) is 5.75 Å². The van der Waals surface area contributed by atoms with Gasteiger partial charge in [-0.05, 0) is 48.9 Å².